The van der Waals surface area contributed by atoms with Gasteiger partial charge in [0.2, 0.25) is 0 Å². The second-order valence-corrected chi connectivity index (χ2v) is 5.52. The largest absolute Gasteiger partial charge is 0.338 e. The van der Waals surface area contributed by atoms with Crippen LogP contribution in [0.2, 0.25) is 5.02 Å². The molecule has 19 heavy (non-hydrogen) atoms. The molecule has 0 saturated carbocycles. The summed E-state index contributed by atoms with van der Waals surface area (Å²) in [6.07, 6.45) is 0. The molecule has 0 amide bonds. The van der Waals surface area contributed by atoms with Gasteiger partial charge in [0.05, 0.1) is 11.0 Å². The molecule has 0 aliphatic heterocycles. The Kier molecular flexibility index (Phi) is 3.31. The summed E-state index contributed by atoms with van der Waals surface area (Å²) < 4.78 is 0.949. The Hall–Kier alpha value is -1.36. The third-order valence-corrected chi connectivity index (χ3v) is 3.93. The van der Waals surface area contributed by atoms with Gasteiger partial charge in [-0.1, -0.05) is 39.7 Å². The van der Waals surface area contributed by atoms with Gasteiger partial charge in [0, 0.05) is 21.6 Å². The van der Waals surface area contributed by atoms with Gasteiger partial charge in [0.25, 0.3) is 0 Å². The summed E-state index contributed by atoms with van der Waals surface area (Å²) in [6.45, 7) is 0.471. The van der Waals surface area contributed by atoms with Gasteiger partial charge in [-0.05, 0) is 29.8 Å². The molecule has 0 aliphatic carbocycles. The average molecular weight is 337 g/mol. The summed E-state index contributed by atoms with van der Waals surface area (Å²) in [5, 5.41) is 0.678. The van der Waals surface area contributed by atoms with Crippen LogP contribution < -0.4 is 5.73 Å². The van der Waals surface area contributed by atoms with Crippen LogP contribution in [0, 0.1) is 0 Å². The molecule has 2 aromatic carbocycles. The Morgan fingerprint density at radius 1 is 1.26 bits per heavy atom. The van der Waals surface area contributed by atoms with E-state index in [4.69, 9.17) is 17.3 Å². The minimum absolute atomic E-state index is 0.471. The quantitative estimate of drug-likeness (QED) is 0.740. The van der Waals surface area contributed by atoms with Crippen LogP contribution in [0.5, 0.6) is 0 Å². The van der Waals surface area contributed by atoms with Gasteiger partial charge in [-0.15, -0.1) is 0 Å². The molecule has 0 spiro atoms. The highest BCUT2D eigenvalue weighted by atomic mass is 79.9. The molecular formula is C14H11BrClN3. The van der Waals surface area contributed by atoms with Gasteiger partial charge in [-0.25, -0.2) is 4.98 Å². The highest BCUT2D eigenvalue weighted by molar-refractivity contribution is 9.10. The zero-order valence-electron chi connectivity index (χ0n) is 9.95. The number of nitrogens with two attached hydrogens (primary N) is 1. The second-order valence-electron chi connectivity index (χ2n) is 4.23. The lowest BCUT2D eigenvalue weighted by Crippen LogP contribution is -1.96. The summed E-state index contributed by atoms with van der Waals surface area (Å²) in [5.41, 5.74) is 9.58. The van der Waals surface area contributed by atoms with Crippen molar-refractivity contribution < 1.29 is 0 Å². The Morgan fingerprint density at radius 2 is 2.11 bits per heavy atom. The van der Waals surface area contributed by atoms with Crippen molar-refractivity contribution in [3.63, 3.8) is 0 Å². The lowest BCUT2D eigenvalue weighted by atomic mass is 10.2. The van der Waals surface area contributed by atoms with Gasteiger partial charge < -0.3 is 10.7 Å². The monoisotopic (exact) mass is 335 g/mol. The van der Waals surface area contributed by atoms with Crippen LogP contribution in [0.15, 0.2) is 40.9 Å². The fourth-order valence-corrected chi connectivity index (χ4v) is 2.67. The van der Waals surface area contributed by atoms with Gasteiger partial charge in [-0.2, -0.15) is 0 Å². The highest BCUT2D eigenvalue weighted by Crippen LogP contribution is 2.30. The van der Waals surface area contributed by atoms with Gasteiger partial charge >= 0.3 is 0 Å². The first kappa shape index (κ1) is 12.7. The molecule has 3 N–H and O–H groups in total. The molecule has 0 fully saturated rings. The summed E-state index contributed by atoms with van der Waals surface area (Å²) >= 11 is 9.56. The average Bonchev–Trinajstić information content (AvgIpc) is 2.85. The molecule has 1 aromatic heterocycles. The van der Waals surface area contributed by atoms with Gasteiger partial charge in [-0.3, -0.25) is 0 Å². The third kappa shape index (κ3) is 2.27. The van der Waals surface area contributed by atoms with Crippen LogP contribution in [0.1, 0.15) is 5.56 Å². The summed E-state index contributed by atoms with van der Waals surface area (Å²) in [4.78, 5) is 7.93. The molecule has 1 heterocycles. The molecule has 0 atom stereocenters. The topological polar surface area (TPSA) is 54.7 Å². The van der Waals surface area contributed by atoms with Crippen LogP contribution in [0.25, 0.3) is 22.4 Å². The second kappa shape index (κ2) is 4.96. The Morgan fingerprint density at radius 3 is 2.89 bits per heavy atom. The van der Waals surface area contributed by atoms with Crippen LogP contribution in [0.3, 0.4) is 0 Å². The van der Waals surface area contributed by atoms with E-state index in [0.29, 0.717) is 11.6 Å². The number of para-hydroxylation sites is 1. The van der Waals surface area contributed by atoms with Crippen LogP contribution in [0.4, 0.5) is 0 Å². The lowest BCUT2D eigenvalue weighted by Gasteiger charge is -2.01. The molecule has 3 rings (SSSR count). The number of hydrogen-bond acceptors (Lipinski definition) is 2. The number of rotatable bonds is 2. The van der Waals surface area contributed by atoms with Crippen molar-refractivity contribution in [1.29, 1.82) is 0 Å². The maximum absolute atomic E-state index is 6.04. The number of aromatic nitrogens is 2. The van der Waals surface area contributed by atoms with E-state index in [1.807, 2.05) is 36.4 Å². The number of nitrogens with zero attached hydrogens (tertiary/aromatic N) is 1. The number of nitrogens with one attached hydrogen (secondary N) is 1. The maximum atomic E-state index is 6.04. The normalized spacial score (nSPS) is 11.1. The number of aromatic amines is 1. The number of fused-ring (bicyclic) bond motifs is 1. The minimum atomic E-state index is 0.471. The fourth-order valence-electron chi connectivity index (χ4n) is 2.06. The van der Waals surface area contributed by atoms with Crippen molar-refractivity contribution in [3.8, 4) is 11.4 Å². The predicted octanol–water partition coefficient (Wildman–Crippen LogP) is 4.10. The number of halogens is 2. The van der Waals surface area contributed by atoms with E-state index in [-0.39, 0.29) is 0 Å². The lowest BCUT2D eigenvalue weighted by molar-refractivity contribution is 1.08. The smallest absolute Gasteiger partial charge is 0.139 e. The number of H-pyrrole nitrogens is 1. The van der Waals surface area contributed by atoms with Crippen molar-refractivity contribution >= 4 is 38.6 Å². The van der Waals surface area contributed by atoms with Crippen LogP contribution in [-0.2, 0) is 6.54 Å². The summed E-state index contributed by atoms with van der Waals surface area (Å²) in [7, 11) is 0. The minimum Gasteiger partial charge on any atom is -0.338 e. The molecule has 3 aromatic rings. The van der Waals surface area contributed by atoms with Gasteiger partial charge in [0.1, 0.15) is 5.82 Å². The first-order valence-electron chi connectivity index (χ1n) is 5.82. The number of hydrogen-bond donors (Lipinski definition) is 2. The molecule has 0 aliphatic rings. The Labute approximate surface area is 123 Å². The first-order valence-corrected chi connectivity index (χ1v) is 6.99. The standard InChI is InChI=1S/C14H11BrClN3/c15-11-5-4-9(16)6-10(11)14-18-12-3-1-2-8(7-17)13(12)19-14/h1-6H,7,17H2,(H,18,19). The van der Waals surface area contributed by atoms with E-state index in [9.17, 15) is 0 Å². The van der Waals surface area contributed by atoms with Crippen molar-refractivity contribution in [2.24, 2.45) is 5.73 Å². The SMILES string of the molecule is NCc1cccc2[nH]c(-c3cc(Cl)ccc3Br)nc12. The summed E-state index contributed by atoms with van der Waals surface area (Å²) in [5.74, 6) is 0.783. The van der Waals surface area contributed by atoms with E-state index in [0.717, 1.165) is 32.5 Å². The van der Waals surface area contributed by atoms with Gasteiger partial charge in [0.15, 0.2) is 0 Å². The molecule has 5 heteroatoms. The summed E-state index contributed by atoms with van der Waals surface area (Å²) in [6, 6.07) is 11.6. The zero-order chi connectivity index (χ0) is 13.4. The Balaban J connectivity index is 2.23. The number of imidazole rings is 1. The Bertz CT molecular complexity index is 752. The van der Waals surface area contributed by atoms with Crippen molar-refractivity contribution in [3.05, 3.63) is 51.5 Å². The molecule has 96 valence electrons. The predicted molar refractivity (Wildman–Crippen MR) is 82.1 cm³/mol. The van der Waals surface area contributed by atoms with Crippen molar-refractivity contribution in [1.82, 2.24) is 9.97 Å². The van der Waals surface area contributed by atoms with E-state index in [1.54, 1.807) is 0 Å². The number of benzene rings is 2. The maximum Gasteiger partial charge on any atom is 0.139 e. The van der Waals surface area contributed by atoms with Crippen molar-refractivity contribution in [2.75, 3.05) is 0 Å². The van der Waals surface area contributed by atoms with E-state index < -0.39 is 0 Å². The zero-order valence-corrected chi connectivity index (χ0v) is 12.3. The van der Waals surface area contributed by atoms with E-state index >= 15 is 0 Å². The third-order valence-electron chi connectivity index (χ3n) is 3.00. The van der Waals surface area contributed by atoms with E-state index in [2.05, 4.69) is 25.9 Å². The first-order chi connectivity index (χ1) is 9.19. The van der Waals surface area contributed by atoms with Crippen LogP contribution in [-0.4, -0.2) is 9.97 Å². The molecule has 0 unspecified atom stereocenters. The molecule has 3 nitrogen and oxygen atoms in total. The molecular weight excluding hydrogens is 326 g/mol. The van der Waals surface area contributed by atoms with Crippen LogP contribution >= 0.6 is 27.5 Å². The fraction of sp³-hybridized carbons (Fsp3) is 0.0714. The highest BCUT2D eigenvalue weighted by Gasteiger charge is 2.11. The molecule has 0 radical (unpaired) electrons. The molecule has 0 bridgehead atoms. The van der Waals surface area contributed by atoms with E-state index in [1.165, 1.54) is 0 Å². The van der Waals surface area contributed by atoms with Crippen molar-refractivity contribution in [2.45, 2.75) is 6.54 Å². The molecule has 0 saturated heterocycles.